The van der Waals surface area contributed by atoms with Gasteiger partial charge in [-0.25, -0.2) is 8.78 Å². The number of anilines is 2. The Morgan fingerprint density at radius 3 is 2.41 bits per heavy atom. The lowest BCUT2D eigenvalue weighted by molar-refractivity contribution is -0.130. The highest BCUT2D eigenvalue weighted by molar-refractivity contribution is 7.94. The smallest absolute Gasteiger partial charge is 0.326 e. The van der Waals surface area contributed by atoms with Crippen LogP contribution in [0.4, 0.5) is 20.2 Å². The Balaban J connectivity index is 1.35. The first-order chi connectivity index (χ1) is 16.1. The van der Waals surface area contributed by atoms with Crippen molar-refractivity contribution in [3.8, 4) is 11.1 Å². The maximum atomic E-state index is 13.5. The van der Waals surface area contributed by atoms with Gasteiger partial charge in [-0.1, -0.05) is 6.07 Å². The van der Waals surface area contributed by atoms with Gasteiger partial charge in [0.2, 0.25) is 5.91 Å². The zero-order chi connectivity index (χ0) is 24.3. The zero-order valence-corrected chi connectivity index (χ0v) is 19.9. The fourth-order valence-corrected chi connectivity index (χ4v) is 6.08. The maximum Gasteiger partial charge on any atom is 0.326 e. The highest BCUT2D eigenvalue weighted by Crippen LogP contribution is 2.51. The molecule has 0 N–H and O–H groups in total. The molecule has 1 aromatic carbocycles. The molecule has 1 unspecified atom stereocenters. The minimum Gasteiger partial charge on any atom is -0.340 e. The fraction of sp³-hybridized carbons (Fsp3) is 0.478. The summed E-state index contributed by atoms with van der Waals surface area (Å²) in [5, 5.41) is 0. The van der Waals surface area contributed by atoms with Crippen molar-refractivity contribution in [1.82, 2.24) is 14.8 Å². The lowest BCUT2D eigenvalue weighted by atomic mass is 10.0. The van der Waals surface area contributed by atoms with E-state index in [-0.39, 0.29) is 18.9 Å². The second kappa shape index (κ2) is 8.16. The third-order valence-electron chi connectivity index (χ3n) is 6.90. The van der Waals surface area contributed by atoms with Crippen molar-refractivity contribution in [2.75, 3.05) is 48.4 Å². The number of piperazine rings is 1. The van der Waals surface area contributed by atoms with E-state index in [1.54, 1.807) is 25.3 Å². The molecule has 0 spiro atoms. The van der Waals surface area contributed by atoms with E-state index in [4.69, 9.17) is 0 Å². The van der Waals surface area contributed by atoms with Gasteiger partial charge in [0.1, 0.15) is 0 Å². The minimum absolute atomic E-state index is 0.0905. The van der Waals surface area contributed by atoms with Crippen molar-refractivity contribution in [1.29, 1.82) is 0 Å². The first-order valence-electron chi connectivity index (χ1n) is 11.3. The number of aromatic nitrogens is 1. The summed E-state index contributed by atoms with van der Waals surface area (Å²) in [5.41, 5.74) is 3.50. The van der Waals surface area contributed by atoms with Crippen LogP contribution >= 0.6 is 0 Å². The molecule has 1 atom stereocenters. The van der Waals surface area contributed by atoms with E-state index in [1.165, 1.54) is 7.05 Å². The van der Waals surface area contributed by atoms with Crippen molar-refractivity contribution in [2.24, 2.45) is 5.92 Å². The average molecular weight is 492 g/mol. The number of pyridine rings is 1. The number of hydrogen-bond acceptors (Lipinski definition) is 5. The van der Waals surface area contributed by atoms with E-state index in [9.17, 15) is 22.0 Å². The average Bonchev–Trinajstić information content (AvgIpc) is 3.37. The monoisotopic (exact) mass is 491 g/mol. The van der Waals surface area contributed by atoms with Gasteiger partial charge in [-0.15, -0.1) is 0 Å². The highest BCUT2D eigenvalue weighted by Gasteiger charge is 2.59. The molecule has 34 heavy (non-hydrogen) atoms. The topological polar surface area (TPSA) is 77.1 Å². The van der Waals surface area contributed by atoms with Crippen molar-refractivity contribution in [3.63, 3.8) is 0 Å². The normalized spacial score (nSPS) is 23.2. The zero-order valence-electron chi connectivity index (χ0n) is 19.1. The summed E-state index contributed by atoms with van der Waals surface area (Å²) in [6, 6.07) is 9.13. The Hall–Kier alpha value is -2.79. The molecule has 2 aromatic rings. The second-order valence-corrected chi connectivity index (χ2v) is 11.1. The Kier molecular flexibility index (Phi) is 5.51. The van der Waals surface area contributed by atoms with E-state index >= 15 is 0 Å². The number of fused-ring (bicyclic) bond motifs is 1. The predicted molar refractivity (Wildman–Crippen MR) is 125 cm³/mol. The summed E-state index contributed by atoms with van der Waals surface area (Å²) in [6.45, 7) is 4.98. The molecule has 8 nitrogen and oxygen atoms in total. The SMILES string of the molecule is CC(=O)N1CCN(Cc2cc(-c3ccc4c(c3)N(C)S(=O)(=O)N4CC3CC3(F)F)ccn2)CC1. The van der Waals surface area contributed by atoms with Gasteiger partial charge in [0.25, 0.3) is 5.92 Å². The van der Waals surface area contributed by atoms with Gasteiger partial charge in [-0.05, 0) is 35.4 Å². The van der Waals surface area contributed by atoms with E-state index in [2.05, 4.69) is 9.88 Å². The molecule has 2 aliphatic heterocycles. The van der Waals surface area contributed by atoms with Gasteiger partial charge in [0.05, 0.1) is 17.1 Å². The largest absolute Gasteiger partial charge is 0.340 e. The van der Waals surface area contributed by atoms with Crippen LogP contribution in [0.15, 0.2) is 36.5 Å². The molecule has 3 aliphatic rings. The van der Waals surface area contributed by atoms with Gasteiger partial charge in [0, 0.05) is 71.8 Å². The Morgan fingerprint density at radius 2 is 1.76 bits per heavy atom. The number of hydrogen-bond donors (Lipinski definition) is 0. The van der Waals surface area contributed by atoms with Crippen molar-refractivity contribution < 1.29 is 22.0 Å². The third-order valence-corrected chi connectivity index (χ3v) is 8.69. The van der Waals surface area contributed by atoms with Gasteiger partial charge in [-0.3, -0.25) is 23.3 Å². The Bertz CT molecular complexity index is 1230. The number of alkyl halides is 2. The van der Waals surface area contributed by atoms with Crippen LogP contribution in [0.25, 0.3) is 11.1 Å². The summed E-state index contributed by atoms with van der Waals surface area (Å²) in [4.78, 5) is 20.1. The van der Waals surface area contributed by atoms with Crippen LogP contribution in [0, 0.1) is 5.92 Å². The van der Waals surface area contributed by atoms with Crippen LogP contribution in [-0.4, -0.2) is 74.8 Å². The van der Waals surface area contributed by atoms with Gasteiger partial charge < -0.3 is 4.90 Å². The molecule has 182 valence electrons. The number of benzene rings is 1. The fourth-order valence-electron chi connectivity index (χ4n) is 4.62. The van der Waals surface area contributed by atoms with Crippen molar-refractivity contribution in [3.05, 3.63) is 42.2 Å². The van der Waals surface area contributed by atoms with Gasteiger partial charge >= 0.3 is 10.2 Å². The molecule has 2 fully saturated rings. The first kappa shape index (κ1) is 23.0. The van der Waals surface area contributed by atoms with E-state index in [1.807, 2.05) is 23.1 Å². The van der Waals surface area contributed by atoms with Crippen LogP contribution in [0.2, 0.25) is 0 Å². The summed E-state index contributed by atoms with van der Waals surface area (Å²) in [5.74, 6) is -3.64. The van der Waals surface area contributed by atoms with E-state index < -0.39 is 22.0 Å². The number of carbonyl (C=O) groups is 1. The second-order valence-electron chi connectivity index (χ2n) is 9.19. The van der Waals surface area contributed by atoms with Crippen LogP contribution in [0.3, 0.4) is 0 Å². The van der Waals surface area contributed by atoms with Crippen LogP contribution < -0.4 is 8.61 Å². The van der Waals surface area contributed by atoms with Crippen LogP contribution in [0.1, 0.15) is 19.0 Å². The molecule has 0 bridgehead atoms. The molecule has 1 aromatic heterocycles. The molecule has 1 aliphatic carbocycles. The Morgan fingerprint density at radius 1 is 1.09 bits per heavy atom. The molecule has 0 radical (unpaired) electrons. The van der Waals surface area contributed by atoms with E-state index in [0.717, 1.165) is 38.5 Å². The predicted octanol–water partition coefficient (Wildman–Crippen LogP) is 2.57. The molecular weight excluding hydrogens is 464 g/mol. The molecule has 3 heterocycles. The maximum absolute atomic E-state index is 13.5. The number of amides is 1. The lowest BCUT2D eigenvalue weighted by Crippen LogP contribution is -2.47. The molecule has 1 saturated heterocycles. The summed E-state index contributed by atoms with van der Waals surface area (Å²) >= 11 is 0. The van der Waals surface area contributed by atoms with Crippen LogP contribution in [-0.2, 0) is 21.5 Å². The number of carbonyl (C=O) groups excluding carboxylic acids is 1. The minimum atomic E-state index is -3.88. The molecule has 1 saturated carbocycles. The van der Waals surface area contributed by atoms with Gasteiger partial charge in [-0.2, -0.15) is 8.42 Å². The standard InChI is InChI=1S/C23H27F2N5O3S/c1-16(31)29-9-7-28(8-10-29)15-20-11-18(5-6-26-20)17-3-4-21-22(12-17)27(2)34(32,33)30(21)14-19-13-23(19,24)25/h3-6,11-12,19H,7-10,13-15H2,1-2H3. The highest BCUT2D eigenvalue weighted by atomic mass is 32.2. The van der Waals surface area contributed by atoms with Crippen LogP contribution in [0.5, 0.6) is 0 Å². The van der Waals surface area contributed by atoms with Gasteiger partial charge in [0.15, 0.2) is 0 Å². The molecule has 1 amide bonds. The molecular formula is C23H27F2N5O3S. The molecule has 11 heteroatoms. The van der Waals surface area contributed by atoms with Crippen molar-refractivity contribution in [2.45, 2.75) is 25.8 Å². The third kappa shape index (κ3) is 4.11. The van der Waals surface area contributed by atoms with Crippen molar-refractivity contribution >= 4 is 27.5 Å². The quantitative estimate of drug-likeness (QED) is 0.643. The Labute approximate surface area is 197 Å². The summed E-state index contributed by atoms with van der Waals surface area (Å²) < 4.78 is 54.9. The summed E-state index contributed by atoms with van der Waals surface area (Å²) in [7, 11) is -2.43. The first-order valence-corrected chi connectivity index (χ1v) is 12.7. The number of halogens is 2. The molecule has 5 rings (SSSR count). The number of nitrogens with zero attached hydrogens (tertiary/aromatic N) is 5. The van der Waals surface area contributed by atoms with E-state index in [0.29, 0.717) is 31.0 Å². The summed E-state index contributed by atoms with van der Waals surface area (Å²) in [6.07, 6.45) is 1.45. The number of rotatable bonds is 5. The lowest BCUT2D eigenvalue weighted by Gasteiger charge is -2.33.